The van der Waals surface area contributed by atoms with Gasteiger partial charge in [0.2, 0.25) is 5.88 Å². The number of methoxy groups -OCH3 is 1. The minimum atomic E-state index is 0.470. The Balaban J connectivity index is 2.24. The second-order valence-corrected chi connectivity index (χ2v) is 4.23. The van der Waals surface area contributed by atoms with Crippen LogP contribution in [0.1, 0.15) is 5.69 Å². The molecule has 2 heterocycles. The highest BCUT2D eigenvalue weighted by atomic mass is 16.5. The maximum absolute atomic E-state index is 5.81. The lowest BCUT2D eigenvalue weighted by Gasteiger charge is -2.05. The van der Waals surface area contributed by atoms with Crippen molar-refractivity contribution in [1.82, 2.24) is 19.7 Å². The zero-order chi connectivity index (χ0) is 13.4. The van der Waals surface area contributed by atoms with Gasteiger partial charge in [-0.3, -0.25) is 0 Å². The zero-order valence-electron chi connectivity index (χ0n) is 10.7. The van der Waals surface area contributed by atoms with Gasteiger partial charge in [-0.25, -0.2) is 4.98 Å². The lowest BCUT2D eigenvalue weighted by atomic mass is 10.2. The number of hydrogen-bond acceptors (Lipinski definition) is 5. The van der Waals surface area contributed by atoms with Crippen LogP contribution in [0.5, 0.6) is 5.88 Å². The molecule has 1 aromatic carbocycles. The van der Waals surface area contributed by atoms with Gasteiger partial charge < -0.3 is 10.5 Å². The van der Waals surface area contributed by atoms with E-state index in [2.05, 4.69) is 15.1 Å². The van der Waals surface area contributed by atoms with Gasteiger partial charge in [-0.1, -0.05) is 0 Å². The fourth-order valence-corrected chi connectivity index (χ4v) is 1.92. The summed E-state index contributed by atoms with van der Waals surface area (Å²) < 4.78 is 6.81. The van der Waals surface area contributed by atoms with E-state index in [-0.39, 0.29) is 0 Å². The molecule has 6 heteroatoms. The topological polar surface area (TPSA) is 78.8 Å². The average molecular weight is 255 g/mol. The van der Waals surface area contributed by atoms with Gasteiger partial charge in [-0.2, -0.15) is 14.8 Å². The Bertz CT molecular complexity index is 750. The highest BCUT2D eigenvalue weighted by Crippen LogP contribution is 2.20. The van der Waals surface area contributed by atoms with Crippen LogP contribution in [0.2, 0.25) is 0 Å². The Labute approximate surface area is 109 Å². The fourth-order valence-electron chi connectivity index (χ4n) is 1.92. The first-order valence-corrected chi connectivity index (χ1v) is 5.80. The number of nitrogen functional groups attached to an aromatic ring is 1. The molecule has 0 unspecified atom stereocenters. The van der Waals surface area contributed by atoms with Crippen molar-refractivity contribution >= 4 is 16.6 Å². The summed E-state index contributed by atoms with van der Waals surface area (Å²) in [4.78, 5) is 8.67. The van der Waals surface area contributed by atoms with Crippen LogP contribution >= 0.6 is 0 Å². The lowest BCUT2D eigenvalue weighted by Crippen LogP contribution is -2.05. The predicted octanol–water partition coefficient (Wildman–Crippen LogP) is 1.71. The molecular formula is C13H13N5O. The number of benzene rings is 1. The summed E-state index contributed by atoms with van der Waals surface area (Å²) in [6, 6.07) is 7.37. The maximum atomic E-state index is 5.81. The van der Waals surface area contributed by atoms with E-state index >= 15 is 0 Å². The Hall–Kier alpha value is -2.63. The number of nitrogens with zero attached hydrogens (tertiary/aromatic N) is 4. The van der Waals surface area contributed by atoms with E-state index < -0.39 is 0 Å². The molecule has 0 amide bonds. The quantitative estimate of drug-likeness (QED) is 0.705. The Morgan fingerprint density at radius 1 is 1.21 bits per heavy atom. The first kappa shape index (κ1) is 11.5. The van der Waals surface area contributed by atoms with Crippen molar-refractivity contribution in [3.05, 3.63) is 36.2 Å². The summed E-state index contributed by atoms with van der Waals surface area (Å²) in [5, 5.41) is 5.29. The van der Waals surface area contributed by atoms with E-state index in [9.17, 15) is 0 Å². The van der Waals surface area contributed by atoms with E-state index in [0.717, 1.165) is 16.6 Å². The minimum Gasteiger partial charge on any atom is -0.481 e. The van der Waals surface area contributed by atoms with Crippen molar-refractivity contribution in [3.8, 4) is 11.8 Å². The second kappa shape index (κ2) is 4.24. The molecule has 0 saturated carbocycles. The SMILES string of the molecule is COc1cc(C)nc(-n2ncc3ccc(N)cc32)n1. The van der Waals surface area contributed by atoms with Gasteiger partial charge in [0.15, 0.2) is 0 Å². The summed E-state index contributed by atoms with van der Waals surface area (Å²) in [6.07, 6.45) is 1.76. The monoisotopic (exact) mass is 255 g/mol. The molecule has 3 aromatic rings. The molecule has 0 aliphatic heterocycles. The number of rotatable bonds is 2. The third-order valence-electron chi connectivity index (χ3n) is 2.81. The van der Waals surface area contributed by atoms with Crippen molar-refractivity contribution in [2.24, 2.45) is 0 Å². The molecule has 96 valence electrons. The molecule has 0 aliphatic carbocycles. The molecule has 6 nitrogen and oxygen atoms in total. The molecule has 0 radical (unpaired) electrons. The Morgan fingerprint density at radius 2 is 2.05 bits per heavy atom. The van der Waals surface area contributed by atoms with Crippen molar-refractivity contribution in [3.63, 3.8) is 0 Å². The third-order valence-corrected chi connectivity index (χ3v) is 2.81. The second-order valence-electron chi connectivity index (χ2n) is 4.23. The number of hydrogen-bond donors (Lipinski definition) is 1. The summed E-state index contributed by atoms with van der Waals surface area (Å²) in [5.74, 6) is 0.979. The number of aryl methyl sites for hydroxylation is 1. The minimum absolute atomic E-state index is 0.470. The number of nitrogens with two attached hydrogens (primary N) is 1. The molecule has 19 heavy (non-hydrogen) atoms. The number of anilines is 1. The standard InChI is InChI=1S/C13H13N5O/c1-8-5-12(19-2)17-13(16-8)18-11-6-10(14)4-3-9(11)7-15-18/h3-7H,14H2,1-2H3. The highest BCUT2D eigenvalue weighted by molar-refractivity contribution is 5.82. The Kier molecular flexibility index (Phi) is 2.56. The van der Waals surface area contributed by atoms with Crippen LogP contribution in [0.25, 0.3) is 16.9 Å². The summed E-state index contributed by atoms with van der Waals surface area (Å²) in [6.45, 7) is 1.88. The molecule has 0 bridgehead atoms. The zero-order valence-corrected chi connectivity index (χ0v) is 10.7. The van der Waals surface area contributed by atoms with Gasteiger partial charge in [-0.05, 0) is 25.1 Å². The van der Waals surface area contributed by atoms with Crippen LogP contribution in [0.15, 0.2) is 30.5 Å². The van der Waals surface area contributed by atoms with Gasteiger partial charge in [0.05, 0.1) is 18.8 Å². The smallest absolute Gasteiger partial charge is 0.254 e. The highest BCUT2D eigenvalue weighted by Gasteiger charge is 2.09. The number of fused-ring (bicyclic) bond motifs is 1. The van der Waals surface area contributed by atoms with Crippen LogP contribution in [0.3, 0.4) is 0 Å². The summed E-state index contributed by atoms with van der Waals surface area (Å²) in [7, 11) is 1.57. The molecule has 2 N–H and O–H groups in total. The number of ether oxygens (including phenoxy) is 1. The van der Waals surface area contributed by atoms with Crippen molar-refractivity contribution in [2.75, 3.05) is 12.8 Å². The summed E-state index contributed by atoms with van der Waals surface area (Å²) >= 11 is 0. The van der Waals surface area contributed by atoms with Crippen molar-refractivity contribution in [1.29, 1.82) is 0 Å². The van der Waals surface area contributed by atoms with E-state index in [1.807, 2.05) is 25.1 Å². The van der Waals surface area contributed by atoms with Gasteiger partial charge in [0, 0.05) is 22.8 Å². The van der Waals surface area contributed by atoms with E-state index in [4.69, 9.17) is 10.5 Å². The van der Waals surface area contributed by atoms with Gasteiger partial charge in [-0.15, -0.1) is 0 Å². The first-order chi connectivity index (χ1) is 9.17. The molecule has 0 fully saturated rings. The third kappa shape index (κ3) is 1.97. The van der Waals surface area contributed by atoms with E-state index in [1.165, 1.54) is 0 Å². The lowest BCUT2D eigenvalue weighted by molar-refractivity contribution is 0.395. The normalized spacial score (nSPS) is 10.8. The number of aromatic nitrogens is 4. The molecule has 0 saturated heterocycles. The van der Waals surface area contributed by atoms with Crippen LogP contribution in [-0.4, -0.2) is 26.9 Å². The van der Waals surface area contributed by atoms with Crippen molar-refractivity contribution in [2.45, 2.75) is 6.92 Å². The fraction of sp³-hybridized carbons (Fsp3) is 0.154. The van der Waals surface area contributed by atoms with Crippen LogP contribution in [-0.2, 0) is 0 Å². The van der Waals surface area contributed by atoms with Crippen molar-refractivity contribution < 1.29 is 4.74 Å². The molecule has 3 rings (SSSR count). The molecule has 2 aromatic heterocycles. The van der Waals surface area contributed by atoms with Gasteiger partial charge >= 0.3 is 0 Å². The van der Waals surface area contributed by atoms with Crippen LogP contribution < -0.4 is 10.5 Å². The summed E-state index contributed by atoms with van der Waals surface area (Å²) in [5.41, 5.74) is 8.17. The average Bonchev–Trinajstić information content (AvgIpc) is 2.80. The predicted molar refractivity (Wildman–Crippen MR) is 72.4 cm³/mol. The molecule has 0 atom stereocenters. The van der Waals surface area contributed by atoms with Gasteiger partial charge in [0.1, 0.15) is 0 Å². The molecular weight excluding hydrogens is 242 g/mol. The molecule has 0 spiro atoms. The molecule has 0 aliphatic rings. The van der Waals surface area contributed by atoms with Gasteiger partial charge in [0.25, 0.3) is 5.95 Å². The first-order valence-electron chi connectivity index (χ1n) is 5.80. The van der Waals surface area contributed by atoms with E-state index in [0.29, 0.717) is 17.5 Å². The Morgan fingerprint density at radius 3 is 2.84 bits per heavy atom. The van der Waals surface area contributed by atoms with Crippen LogP contribution in [0.4, 0.5) is 5.69 Å². The van der Waals surface area contributed by atoms with Crippen LogP contribution in [0, 0.1) is 6.92 Å². The van der Waals surface area contributed by atoms with E-state index in [1.54, 1.807) is 24.1 Å². The largest absolute Gasteiger partial charge is 0.481 e. The maximum Gasteiger partial charge on any atom is 0.254 e.